The zero-order valence-electron chi connectivity index (χ0n) is 10.9. The number of aromatic nitrogens is 2. The lowest BCUT2D eigenvalue weighted by Crippen LogP contribution is -2.25. The van der Waals surface area contributed by atoms with Gasteiger partial charge in [0.2, 0.25) is 10.0 Å². The highest BCUT2D eigenvalue weighted by molar-refractivity contribution is 7.92. The van der Waals surface area contributed by atoms with Crippen molar-refractivity contribution >= 4 is 38.8 Å². The predicted molar refractivity (Wildman–Crippen MR) is 80.0 cm³/mol. The Labute approximate surface area is 122 Å². The van der Waals surface area contributed by atoms with Gasteiger partial charge in [-0.15, -0.1) is 0 Å². The molecular weight excluding hydrogens is 300 g/mol. The van der Waals surface area contributed by atoms with Gasteiger partial charge in [-0.2, -0.15) is 0 Å². The van der Waals surface area contributed by atoms with Crippen LogP contribution in [0.4, 0.5) is 17.2 Å². The van der Waals surface area contributed by atoms with Crippen LogP contribution in [0.25, 0.3) is 0 Å². The maximum absolute atomic E-state index is 11.6. The summed E-state index contributed by atoms with van der Waals surface area (Å²) < 4.78 is 24.5. The molecule has 8 heteroatoms. The molecule has 1 aromatic carbocycles. The van der Waals surface area contributed by atoms with Gasteiger partial charge in [-0.05, 0) is 12.1 Å². The molecule has 0 atom stereocenters. The molecular formula is C12H13ClN4O2S. The summed E-state index contributed by atoms with van der Waals surface area (Å²) in [4.78, 5) is 7.81. The maximum atomic E-state index is 11.6. The summed E-state index contributed by atoms with van der Waals surface area (Å²) in [7, 11) is -1.87. The van der Waals surface area contributed by atoms with Crippen molar-refractivity contribution in [3.8, 4) is 0 Å². The van der Waals surface area contributed by atoms with E-state index < -0.39 is 10.0 Å². The van der Waals surface area contributed by atoms with Gasteiger partial charge in [-0.1, -0.05) is 23.7 Å². The van der Waals surface area contributed by atoms with Gasteiger partial charge >= 0.3 is 0 Å². The second-order valence-electron chi connectivity index (χ2n) is 4.09. The van der Waals surface area contributed by atoms with E-state index in [0.29, 0.717) is 22.2 Å². The van der Waals surface area contributed by atoms with E-state index in [1.165, 1.54) is 23.9 Å². The van der Waals surface area contributed by atoms with Gasteiger partial charge in [0.05, 0.1) is 23.8 Å². The predicted octanol–water partition coefficient (Wildman–Crippen LogP) is 2.27. The van der Waals surface area contributed by atoms with Crippen LogP contribution >= 0.6 is 11.6 Å². The maximum Gasteiger partial charge on any atom is 0.232 e. The molecule has 1 N–H and O–H groups in total. The van der Waals surface area contributed by atoms with E-state index in [-0.39, 0.29) is 0 Å². The Kier molecular flexibility index (Phi) is 4.10. The zero-order valence-corrected chi connectivity index (χ0v) is 12.5. The van der Waals surface area contributed by atoms with Gasteiger partial charge in [-0.25, -0.2) is 18.4 Å². The molecule has 0 unspecified atom stereocenters. The molecule has 0 aliphatic heterocycles. The van der Waals surface area contributed by atoms with Gasteiger partial charge in [0.1, 0.15) is 11.3 Å². The number of hydrogen-bond donors (Lipinski definition) is 1. The van der Waals surface area contributed by atoms with E-state index >= 15 is 0 Å². The van der Waals surface area contributed by atoms with Crippen LogP contribution in [-0.4, -0.2) is 31.7 Å². The Morgan fingerprint density at radius 1 is 1.30 bits per heavy atom. The number of anilines is 3. The SMILES string of the molecule is CN(c1ccccc1Nc1ncncc1Cl)S(C)(=O)=O. The third-order valence-electron chi connectivity index (χ3n) is 2.66. The molecule has 0 aliphatic rings. The van der Waals surface area contributed by atoms with Gasteiger partial charge in [-0.3, -0.25) is 4.31 Å². The molecule has 0 amide bonds. The highest BCUT2D eigenvalue weighted by Gasteiger charge is 2.16. The normalized spacial score (nSPS) is 11.2. The molecule has 0 saturated carbocycles. The fourth-order valence-electron chi connectivity index (χ4n) is 1.56. The van der Waals surface area contributed by atoms with Crippen LogP contribution in [0.3, 0.4) is 0 Å². The van der Waals surface area contributed by atoms with Crippen molar-refractivity contribution in [1.29, 1.82) is 0 Å². The minimum Gasteiger partial charge on any atom is -0.337 e. The zero-order chi connectivity index (χ0) is 14.8. The van der Waals surface area contributed by atoms with Gasteiger partial charge in [0, 0.05) is 7.05 Å². The fraction of sp³-hybridized carbons (Fsp3) is 0.167. The lowest BCUT2D eigenvalue weighted by molar-refractivity contribution is 0.600. The Morgan fingerprint density at radius 2 is 2.00 bits per heavy atom. The number of sulfonamides is 1. The number of nitrogens with zero attached hydrogens (tertiary/aromatic N) is 3. The van der Waals surface area contributed by atoms with Crippen LogP contribution in [0.1, 0.15) is 0 Å². The van der Waals surface area contributed by atoms with E-state index in [2.05, 4.69) is 15.3 Å². The van der Waals surface area contributed by atoms with Crippen molar-refractivity contribution in [1.82, 2.24) is 9.97 Å². The summed E-state index contributed by atoms with van der Waals surface area (Å²) in [6.07, 6.45) is 3.96. The largest absolute Gasteiger partial charge is 0.337 e. The summed E-state index contributed by atoms with van der Waals surface area (Å²) in [6.45, 7) is 0. The molecule has 0 radical (unpaired) electrons. The van der Waals surface area contributed by atoms with Crippen LogP contribution in [0.5, 0.6) is 0 Å². The molecule has 20 heavy (non-hydrogen) atoms. The summed E-state index contributed by atoms with van der Waals surface area (Å²) in [5.74, 6) is 0.413. The molecule has 0 aliphatic carbocycles. The molecule has 0 bridgehead atoms. The molecule has 106 valence electrons. The van der Waals surface area contributed by atoms with Gasteiger partial charge in [0.25, 0.3) is 0 Å². The first-order chi connectivity index (χ1) is 9.39. The van der Waals surface area contributed by atoms with Crippen LogP contribution in [0.15, 0.2) is 36.8 Å². The summed E-state index contributed by atoms with van der Waals surface area (Å²) >= 11 is 5.98. The van der Waals surface area contributed by atoms with E-state index in [0.717, 1.165) is 6.26 Å². The van der Waals surface area contributed by atoms with Crippen LogP contribution in [0, 0.1) is 0 Å². The molecule has 2 rings (SSSR count). The number of halogens is 1. The van der Waals surface area contributed by atoms with Crippen molar-refractivity contribution in [2.75, 3.05) is 22.9 Å². The molecule has 0 spiro atoms. The quantitative estimate of drug-likeness (QED) is 0.937. The Hall–Kier alpha value is -1.86. The third kappa shape index (κ3) is 3.17. The molecule has 6 nitrogen and oxygen atoms in total. The van der Waals surface area contributed by atoms with Crippen molar-refractivity contribution in [3.63, 3.8) is 0 Å². The van der Waals surface area contributed by atoms with E-state index in [4.69, 9.17) is 11.6 Å². The Balaban J connectivity index is 2.41. The van der Waals surface area contributed by atoms with Crippen molar-refractivity contribution in [3.05, 3.63) is 41.8 Å². The minimum atomic E-state index is -3.35. The van der Waals surface area contributed by atoms with Crippen molar-refractivity contribution in [2.45, 2.75) is 0 Å². The average Bonchev–Trinajstić information content (AvgIpc) is 2.40. The van der Waals surface area contributed by atoms with E-state index in [1.807, 2.05) is 0 Å². The highest BCUT2D eigenvalue weighted by Crippen LogP contribution is 2.30. The number of nitrogens with one attached hydrogen (secondary N) is 1. The standard InChI is InChI=1S/C12H13ClN4O2S/c1-17(20(2,18)19)11-6-4-3-5-10(11)16-12-9(13)7-14-8-15-12/h3-8H,1-2H3,(H,14,15,16). The Morgan fingerprint density at radius 3 is 2.65 bits per heavy atom. The lowest BCUT2D eigenvalue weighted by Gasteiger charge is -2.20. The highest BCUT2D eigenvalue weighted by atomic mass is 35.5. The minimum absolute atomic E-state index is 0.351. The first kappa shape index (κ1) is 14.5. The fourth-order valence-corrected chi connectivity index (χ4v) is 2.23. The lowest BCUT2D eigenvalue weighted by atomic mass is 10.2. The third-order valence-corrected chi connectivity index (χ3v) is 4.13. The van der Waals surface area contributed by atoms with Crippen molar-refractivity contribution < 1.29 is 8.42 Å². The first-order valence-electron chi connectivity index (χ1n) is 5.65. The van der Waals surface area contributed by atoms with Crippen LogP contribution < -0.4 is 9.62 Å². The number of benzene rings is 1. The number of rotatable bonds is 4. The van der Waals surface area contributed by atoms with E-state index in [9.17, 15) is 8.42 Å². The number of para-hydroxylation sites is 2. The molecule has 2 aromatic rings. The average molecular weight is 313 g/mol. The molecule has 0 fully saturated rings. The molecule has 1 heterocycles. The summed E-state index contributed by atoms with van der Waals surface area (Å²) in [5, 5.41) is 3.36. The summed E-state index contributed by atoms with van der Waals surface area (Å²) in [5.41, 5.74) is 1.09. The van der Waals surface area contributed by atoms with E-state index in [1.54, 1.807) is 24.3 Å². The van der Waals surface area contributed by atoms with Gasteiger partial charge < -0.3 is 5.32 Å². The topological polar surface area (TPSA) is 75.2 Å². The van der Waals surface area contributed by atoms with Gasteiger partial charge in [0.15, 0.2) is 5.82 Å². The second-order valence-corrected chi connectivity index (χ2v) is 6.51. The van der Waals surface area contributed by atoms with Crippen LogP contribution in [-0.2, 0) is 10.0 Å². The second kappa shape index (κ2) is 5.64. The summed E-state index contributed by atoms with van der Waals surface area (Å²) in [6, 6.07) is 6.98. The molecule has 1 aromatic heterocycles. The molecule has 0 saturated heterocycles. The smallest absolute Gasteiger partial charge is 0.232 e. The van der Waals surface area contributed by atoms with Crippen molar-refractivity contribution in [2.24, 2.45) is 0 Å². The Bertz CT molecular complexity index is 721. The first-order valence-corrected chi connectivity index (χ1v) is 7.87. The monoisotopic (exact) mass is 312 g/mol. The van der Waals surface area contributed by atoms with Crippen LogP contribution in [0.2, 0.25) is 5.02 Å². The number of hydrogen-bond acceptors (Lipinski definition) is 5.